The summed E-state index contributed by atoms with van der Waals surface area (Å²) in [5.74, 6) is -0.371. The molecular weight excluding hydrogens is 430 g/mol. The Morgan fingerprint density at radius 1 is 1.17 bits per heavy atom. The van der Waals surface area contributed by atoms with E-state index in [9.17, 15) is 13.2 Å². The molecule has 1 aromatic heterocycles. The molecule has 2 N–H and O–H groups in total. The maximum atomic E-state index is 12.5. The largest absolute Gasteiger partial charge is 0.298 e. The topological polar surface area (TPSA) is 88.2 Å². The number of thiazole rings is 1. The highest BCUT2D eigenvalue weighted by atomic mass is 35.5. The summed E-state index contributed by atoms with van der Waals surface area (Å²) in [5, 5.41) is 5.55. The molecule has 6 nitrogen and oxygen atoms in total. The summed E-state index contributed by atoms with van der Waals surface area (Å²) >= 11 is 7.47. The van der Waals surface area contributed by atoms with Gasteiger partial charge in [0, 0.05) is 27.6 Å². The van der Waals surface area contributed by atoms with Crippen molar-refractivity contribution < 1.29 is 13.2 Å². The lowest BCUT2D eigenvalue weighted by molar-refractivity contribution is 0.102. The minimum atomic E-state index is -3.61. The van der Waals surface area contributed by atoms with Gasteiger partial charge in [-0.3, -0.25) is 10.1 Å². The highest BCUT2D eigenvalue weighted by Crippen LogP contribution is 2.30. The summed E-state index contributed by atoms with van der Waals surface area (Å²) in [7, 11) is -3.61. The molecule has 0 aliphatic heterocycles. The molecule has 0 bridgehead atoms. The number of rotatable bonds is 7. The molecule has 2 aromatic carbocycles. The van der Waals surface area contributed by atoms with Crippen LogP contribution >= 0.6 is 22.9 Å². The number of hydrogen-bond donors (Lipinski definition) is 2. The zero-order valence-corrected chi connectivity index (χ0v) is 18.2. The maximum Gasteiger partial charge on any atom is 0.257 e. The number of benzene rings is 2. The van der Waals surface area contributed by atoms with Crippen LogP contribution in [-0.2, 0) is 10.0 Å². The molecule has 0 saturated heterocycles. The number of aromatic nitrogens is 1. The molecule has 0 fully saturated rings. The van der Waals surface area contributed by atoms with E-state index in [1.807, 2.05) is 30.5 Å². The molecule has 0 saturated carbocycles. The van der Waals surface area contributed by atoms with Crippen molar-refractivity contribution in [3.05, 3.63) is 64.5 Å². The first-order chi connectivity index (χ1) is 13.8. The summed E-state index contributed by atoms with van der Waals surface area (Å²) in [6.45, 7) is 3.70. The Bertz CT molecular complexity index is 1110. The summed E-state index contributed by atoms with van der Waals surface area (Å²) in [4.78, 5) is 17.0. The fraction of sp³-hybridized carbons (Fsp3) is 0.200. The average molecular weight is 450 g/mol. The number of sulfonamides is 1. The van der Waals surface area contributed by atoms with Crippen molar-refractivity contribution in [2.75, 3.05) is 5.32 Å². The Kier molecular flexibility index (Phi) is 6.69. The lowest BCUT2D eigenvalue weighted by atomic mass is 10.2. The zero-order chi connectivity index (χ0) is 21.0. The van der Waals surface area contributed by atoms with Crippen LogP contribution in [-0.4, -0.2) is 25.4 Å². The molecule has 9 heteroatoms. The quantitative estimate of drug-likeness (QED) is 0.542. The van der Waals surface area contributed by atoms with Crippen LogP contribution in [0.2, 0.25) is 5.02 Å². The molecule has 29 heavy (non-hydrogen) atoms. The lowest BCUT2D eigenvalue weighted by Gasteiger charge is -2.12. The van der Waals surface area contributed by atoms with Gasteiger partial charge in [0.25, 0.3) is 5.91 Å². The fourth-order valence-corrected chi connectivity index (χ4v) is 4.76. The number of anilines is 1. The Morgan fingerprint density at radius 2 is 1.86 bits per heavy atom. The number of carbonyl (C=O) groups is 1. The standard InChI is InChI=1S/C20H20ClN3O3S2/c1-3-13(2)24-29(26,27)15-10-8-14(9-11-15)19(25)23-20-22-18(12-28-20)16-6-4-5-7-17(16)21/h4-13,24H,3H2,1-2H3,(H,22,23,25). The summed E-state index contributed by atoms with van der Waals surface area (Å²) in [6, 6.07) is 12.9. The van der Waals surface area contributed by atoms with Gasteiger partial charge >= 0.3 is 0 Å². The number of nitrogens with zero attached hydrogens (tertiary/aromatic N) is 1. The van der Waals surface area contributed by atoms with E-state index in [2.05, 4.69) is 15.0 Å². The average Bonchev–Trinajstić information content (AvgIpc) is 3.16. The van der Waals surface area contributed by atoms with Crippen LogP contribution in [0.5, 0.6) is 0 Å². The van der Waals surface area contributed by atoms with Gasteiger partial charge < -0.3 is 0 Å². The highest BCUT2D eigenvalue weighted by Gasteiger charge is 2.17. The Morgan fingerprint density at radius 3 is 2.52 bits per heavy atom. The van der Waals surface area contributed by atoms with Crippen molar-refractivity contribution in [1.82, 2.24) is 9.71 Å². The summed E-state index contributed by atoms with van der Waals surface area (Å²) in [5.41, 5.74) is 1.80. The van der Waals surface area contributed by atoms with E-state index in [1.165, 1.54) is 35.6 Å². The van der Waals surface area contributed by atoms with Gasteiger partial charge in [-0.05, 0) is 43.7 Å². The maximum absolute atomic E-state index is 12.5. The van der Waals surface area contributed by atoms with E-state index in [-0.39, 0.29) is 16.8 Å². The first kappa shape index (κ1) is 21.4. The molecule has 0 spiro atoms. The van der Waals surface area contributed by atoms with Crippen LogP contribution in [0, 0.1) is 0 Å². The summed E-state index contributed by atoms with van der Waals surface area (Å²) in [6.07, 6.45) is 0.684. The third-order valence-corrected chi connectivity index (χ3v) is 6.96. The molecule has 0 aliphatic carbocycles. The summed E-state index contributed by atoms with van der Waals surface area (Å²) < 4.78 is 27.2. The molecule has 1 atom stereocenters. The van der Waals surface area contributed by atoms with E-state index in [4.69, 9.17) is 11.6 Å². The van der Waals surface area contributed by atoms with Gasteiger partial charge in [-0.2, -0.15) is 0 Å². The van der Waals surface area contributed by atoms with E-state index >= 15 is 0 Å². The predicted octanol–water partition coefficient (Wildman–Crippen LogP) is 4.79. The molecule has 0 aliphatic rings. The monoisotopic (exact) mass is 449 g/mol. The van der Waals surface area contributed by atoms with E-state index in [1.54, 1.807) is 13.0 Å². The van der Waals surface area contributed by atoms with Crippen LogP contribution in [0.15, 0.2) is 58.8 Å². The fourth-order valence-electron chi connectivity index (χ4n) is 2.49. The Balaban J connectivity index is 1.71. The second kappa shape index (κ2) is 9.04. The minimum Gasteiger partial charge on any atom is -0.298 e. The first-order valence-corrected chi connectivity index (χ1v) is 11.7. The van der Waals surface area contributed by atoms with Crippen LogP contribution < -0.4 is 10.0 Å². The lowest BCUT2D eigenvalue weighted by Crippen LogP contribution is -2.32. The molecular formula is C20H20ClN3O3S2. The van der Waals surface area contributed by atoms with Crippen LogP contribution in [0.4, 0.5) is 5.13 Å². The number of amides is 1. The van der Waals surface area contributed by atoms with Crippen molar-refractivity contribution in [2.45, 2.75) is 31.2 Å². The number of hydrogen-bond acceptors (Lipinski definition) is 5. The second-order valence-corrected chi connectivity index (χ2v) is 9.41. The third kappa shape index (κ3) is 5.22. The predicted molar refractivity (Wildman–Crippen MR) is 117 cm³/mol. The first-order valence-electron chi connectivity index (χ1n) is 8.94. The SMILES string of the molecule is CCC(C)NS(=O)(=O)c1ccc(C(=O)Nc2nc(-c3ccccc3Cl)cs2)cc1. The number of halogens is 1. The number of carbonyl (C=O) groups excluding carboxylic acids is 1. The van der Waals surface area contributed by atoms with Crippen molar-refractivity contribution in [3.63, 3.8) is 0 Å². The van der Waals surface area contributed by atoms with Crippen molar-refractivity contribution in [1.29, 1.82) is 0 Å². The molecule has 3 aromatic rings. The van der Waals surface area contributed by atoms with Gasteiger partial charge in [-0.25, -0.2) is 18.1 Å². The second-order valence-electron chi connectivity index (χ2n) is 6.43. The van der Waals surface area contributed by atoms with E-state index < -0.39 is 10.0 Å². The minimum absolute atomic E-state index is 0.115. The van der Waals surface area contributed by atoms with Gasteiger partial charge in [-0.1, -0.05) is 36.7 Å². The molecule has 1 heterocycles. The molecule has 152 valence electrons. The molecule has 3 rings (SSSR count). The van der Waals surface area contributed by atoms with Crippen LogP contribution in [0.1, 0.15) is 30.6 Å². The smallest absolute Gasteiger partial charge is 0.257 e. The van der Waals surface area contributed by atoms with E-state index in [0.717, 1.165) is 5.56 Å². The van der Waals surface area contributed by atoms with Gasteiger partial charge in [-0.15, -0.1) is 11.3 Å². The molecule has 1 unspecified atom stereocenters. The Hall–Kier alpha value is -2.26. The van der Waals surface area contributed by atoms with Crippen LogP contribution in [0.25, 0.3) is 11.3 Å². The zero-order valence-electron chi connectivity index (χ0n) is 15.8. The normalized spacial score (nSPS) is 12.5. The van der Waals surface area contributed by atoms with Gasteiger partial charge in [0.05, 0.1) is 10.6 Å². The van der Waals surface area contributed by atoms with Gasteiger partial charge in [0.2, 0.25) is 10.0 Å². The molecule has 0 radical (unpaired) electrons. The van der Waals surface area contributed by atoms with Crippen molar-refractivity contribution >= 4 is 44.0 Å². The highest BCUT2D eigenvalue weighted by molar-refractivity contribution is 7.89. The van der Waals surface area contributed by atoms with Gasteiger partial charge in [0.1, 0.15) is 0 Å². The van der Waals surface area contributed by atoms with Crippen LogP contribution in [0.3, 0.4) is 0 Å². The van der Waals surface area contributed by atoms with Gasteiger partial charge in [0.15, 0.2) is 5.13 Å². The van der Waals surface area contributed by atoms with Crippen molar-refractivity contribution in [3.8, 4) is 11.3 Å². The number of nitrogens with one attached hydrogen (secondary N) is 2. The molecule has 1 amide bonds. The Labute approximate surface area is 179 Å². The third-order valence-electron chi connectivity index (χ3n) is 4.27. The van der Waals surface area contributed by atoms with E-state index in [0.29, 0.717) is 27.8 Å². The van der Waals surface area contributed by atoms with Crippen molar-refractivity contribution in [2.24, 2.45) is 0 Å².